The van der Waals surface area contributed by atoms with Crippen molar-refractivity contribution in [3.05, 3.63) is 46.5 Å². The van der Waals surface area contributed by atoms with Crippen molar-refractivity contribution in [2.24, 2.45) is 0 Å². The molecule has 0 saturated heterocycles. The minimum atomic E-state index is -0.306. The van der Waals surface area contributed by atoms with Crippen LogP contribution in [0.4, 0.5) is 5.13 Å². The molecule has 0 aliphatic heterocycles. The molecular weight excluding hydrogens is 386 g/mol. The number of nitrogens with zero attached hydrogens (tertiary/aromatic N) is 2. The molecule has 0 spiro atoms. The zero-order valence-electron chi connectivity index (χ0n) is 17.3. The van der Waals surface area contributed by atoms with E-state index in [1.807, 2.05) is 0 Å². The predicted octanol–water partition coefficient (Wildman–Crippen LogP) is 3.98. The molecule has 7 heteroatoms. The summed E-state index contributed by atoms with van der Waals surface area (Å²) in [6.07, 6.45) is 2.40. The van der Waals surface area contributed by atoms with Crippen molar-refractivity contribution < 1.29 is 14.3 Å². The smallest absolute Gasteiger partial charge is 0.311 e. The van der Waals surface area contributed by atoms with Gasteiger partial charge in [0.1, 0.15) is 0 Å². The highest BCUT2D eigenvalue weighted by Gasteiger charge is 2.30. The van der Waals surface area contributed by atoms with E-state index < -0.39 is 0 Å². The van der Waals surface area contributed by atoms with E-state index in [-0.39, 0.29) is 18.3 Å². The van der Waals surface area contributed by atoms with E-state index >= 15 is 0 Å². The third kappa shape index (κ3) is 6.65. The minimum absolute atomic E-state index is 0.0762. The summed E-state index contributed by atoms with van der Waals surface area (Å²) >= 11 is 1.33. The van der Waals surface area contributed by atoms with Gasteiger partial charge in [0.25, 0.3) is 0 Å². The number of ether oxygens (including phenoxy) is 1. The fourth-order valence-electron chi connectivity index (χ4n) is 3.14. The molecule has 1 amide bonds. The fraction of sp³-hybridized carbons (Fsp3) is 0.500. The molecule has 1 aromatic heterocycles. The Bertz CT molecular complexity index is 828. The molecule has 1 heterocycles. The van der Waals surface area contributed by atoms with Gasteiger partial charge in [-0.2, -0.15) is 0 Å². The van der Waals surface area contributed by atoms with Crippen LogP contribution in [0.2, 0.25) is 0 Å². The standard InChI is InChI=1S/C22H29N3O3S/c1-4-28-21(27)11-18-14-29-22(23-18)24-20(26)13-25(19-9-10-19)12-16-5-7-17(8-6-16)15(2)3/h5-8,14-15,19H,4,9-13H2,1-3H3,(H,23,24,26). The zero-order chi connectivity index (χ0) is 20.8. The molecule has 1 aromatic carbocycles. The number of thiazole rings is 1. The second kappa shape index (κ2) is 9.98. The molecule has 1 aliphatic rings. The molecule has 1 saturated carbocycles. The van der Waals surface area contributed by atoms with Crippen LogP contribution in [-0.4, -0.2) is 41.0 Å². The van der Waals surface area contributed by atoms with Crippen LogP contribution in [0.25, 0.3) is 0 Å². The monoisotopic (exact) mass is 415 g/mol. The average Bonchev–Trinajstić information content (AvgIpc) is 3.43. The normalized spacial score (nSPS) is 13.7. The number of rotatable bonds is 10. The molecule has 29 heavy (non-hydrogen) atoms. The van der Waals surface area contributed by atoms with Gasteiger partial charge < -0.3 is 10.1 Å². The van der Waals surface area contributed by atoms with E-state index in [4.69, 9.17) is 4.74 Å². The first-order valence-electron chi connectivity index (χ1n) is 10.2. The first kappa shape index (κ1) is 21.5. The van der Waals surface area contributed by atoms with Gasteiger partial charge in [0.2, 0.25) is 5.91 Å². The zero-order valence-corrected chi connectivity index (χ0v) is 18.1. The molecule has 1 aliphatic carbocycles. The molecule has 6 nitrogen and oxygen atoms in total. The van der Waals surface area contributed by atoms with E-state index in [1.165, 1.54) is 22.5 Å². The minimum Gasteiger partial charge on any atom is -0.466 e. The van der Waals surface area contributed by atoms with E-state index in [9.17, 15) is 9.59 Å². The van der Waals surface area contributed by atoms with Crippen molar-refractivity contribution in [3.63, 3.8) is 0 Å². The summed E-state index contributed by atoms with van der Waals surface area (Å²) in [4.78, 5) is 30.6. The molecule has 2 aromatic rings. The summed E-state index contributed by atoms with van der Waals surface area (Å²) in [5.41, 5.74) is 3.17. The van der Waals surface area contributed by atoms with Crippen molar-refractivity contribution in [2.75, 3.05) is 18.5 Å². The summed E-state index contributed by atoms with van der Waals surface area (Å²) in [5.74, 6) is 0.133. The average molecular weight is 416 g/mol. The van der Waals surface area contributed by atoms with Crippen molar-refractivity contribution in [1.29, 1.82) is 0 Å². The van der Waals surface area contributed by atoms with Gasteiger partial charge in [-0.1, -0.05) is 38.1 Å². The van der Waals surface area contributed by atoms with E-state index in [1.54, 1.807) is 12.3 Å². The Morgan fingerprint density at radius 3 is 2.62 bits per heavy atom. The highest BCUT2D eigenvalue weighted by atomic mass is 32.1. The molecular formula is C22H29N3O3S. The van der Waals surface area contributed by atoms with Crippen LogP contribution in [0.15, 0.2) is 29.6 Å². The SMILES string of the molecule is CCOC(=O)Cc1csc(NC(=O)CN(Cc2ccc(C(C)C)cc2)C2CC2)n1. The molecule has 0 unspecified atom stereocenters. The van der Waals surface area contributed by atoms with Crippen LogP contribution in [-0.2, 0) is 27.3 Å². The summed E-state index contributed by atoms with van der Waals surface area (Å²) < 4.78 is 4.93. The van der Waals surface area contributed by atoms with Crippen molar-refractivity contribution in [1.82, 2.24) is 9.88 Å². The molecule has 156 valence electrons. The van der Waals surface area contributed by atoms with Crippen molar-refractivity contribution >= 4 is 28.3 Å². The van der Waals surface area contributed by atoms with Crippen LogP contribution in [0.3, 0.4) is 0 Å². The Hall–Kier alpha value is -2.25. The van der Waals surface area contributed by atoms with Gasteiger partial charge >= 0.3 is 5.97 Å². The Morgan fingerprint density at radius 2 is 2.00 bits per heavy atom. The molecule has 1 N–H and O–H groups in total. The van der Waals surface area contributed by atoms with E-state index in [0.717, 1.165) is 19.4 Å². The summed E-state index contributed by atoms with van der Waals surface area (Å²) in [5, 5.41) is 5.16. The number of anilines is 1. The first-order valence-corrected chi connectivity index (χ1v) is 11.0. The van der Waals surface area contributed by atoms with E-state index in [2.05, 4.69) is 53.3 Å². The second-order valence-electron chi connectivity index (χ2n) is 7.71. The summed E-state index contributed by atoms with van der Waals surface area (Å²) in [7, 11) is 0. The van der Waals surface area contributed by atoms with Crippen LogP contribution in [0.1, 0.15) is 56.4 Å². The van der Waals surface area contributed by atoms with Gasteiger partial charge in [0.05, 0.1) is 25.3 Å². The first-order chi connectivity index (χ1) is 13.9. The number of benzene rings is 1. The highest BCUT2D eigenvalue weighted by molar-refractivity contribution is 7.13. The quantitative estimate of drug-likeness (QED) is 0.595. The summed E-state index contributed by atoms with van der Waals surface area (Å²) in [6.45, 7) is 7.60. The maximum absolute atomic E-state index is 12.5. The largest absolute Gasteiger partial charge is 0.466 e. The van der Waals surface area contributed by atoms with Gasteiger partial charge in [-0.3, -0.25) is 14.5 Å². The van der Waals surface area contributed by atoms with Gasteiger partial charge in [-0.25, -0.2) is 4.98 Å². The topological polar surface area (TPSA) is 71.5 Å². The summed E-state index contributed by atoms with van der Waals surface area (Å²) in [6, 6.07) is 9.13. The lowest BCUT2D eigenvalue weighted by Crippen LogP contribution is -2.34. The highest BCUT2D eigenvalue weighted by Crippen LogP contribution is 2.28. The van der Waals surface area contributed by atoms with Crippen LogP contribution < -0.4 is 5.32 Å². The third-order valence-corrected chi connectivity index (χ3v) is 5.68. The third-order valence-electron chi connectivity index (χ3n) is 4.87. The molecule has 0 atom stereocenters. The number of carbonyl (C=O) groups is 2. The number of hydrogen-bond acceptors (Lipinski definition) is 6. The maximum atomic E-state index is 12.5. The van der Waals surface area contributed by atoms with Crippen molar-refractivity contribution in [2.45, 2.75) is 58.5 Å². The molecule has 0 radical (unpaired) electrons. The van der Waals surface area contributed by atoms with Crippen LogP contribution in [0.5, 0.6) is 0 Å². The molecule has 0 bridgehead atoms. The lowest BCUT2D eigenvalue weighted by molar-refractivity contribution is -0.142. The maximum Gasteiger partial charge on any atom is 0.311 e. The number of aromatic nitrogens is 1. The van der Waals surface area contributed by atoms with Crippen LogP contribution in [0, 0.1) is 0 Å². The van der Waals surface area contributed by atoms with Crippen molar-refractivity contribution in [3.8, 4) is 0 Å². The number of carbonyl (C=O) groups excluding carboxylic acids is 2. The lowest BCUT2D eigenvalue weighted by Gasteiger charge is -2.21. The lowest BCUT2D eigenvalue weighted by atomic mass is 10.0. The molecule has 3 rings (SSSR count). The van der Waals surface area contributed by atoms with Gasteiger partial charge in [-0.05, 0) is 36.8 Å². The Balaban J connectivity index is 1.53. The van der Waals surface area contributed by atoms with Gasteiger partial charge in [0.15, 0.2) is 5.13 Å². The Morgan fingerprint density at radius 1 is 1.28 bits per heavy atom. The predicted molar refractivity (Wildman–Crippen MR) is 115 cm³/mol. The van der Waals surface area contributed by atoms with E-state index in [0.29, 0.717) is 35.9 Å². The fourth-order valence-corrected chi connectivity index (χ4v) is 3.87. The van der Waals surface area contributed by atoms with Gasteiger partial charge in [-0.15, -0.1) is 11.3 Å². The Kier molecular flexibility index (Phi) is 7.39. The van der Waals surface area contributed by atoms with Crippen LogP contribution >= 0.6 is 11.3 Å². The number of esters is 1. The van der Waals surface area contributed by atoms with Gasteiger partial charge in [0, 0.05) is 18.0 Å². The Labute approximate surface area is 176 Å². The number of amides is 1. The number of hydrogen-bond donors (Lipinski definition) is 1. The molecule has 1 fully saturated rings. The number of nitrogens with one attached hydrogen (secondary N) is 1. The second-order valence-corrected chi connectivity index (χ2v) is 8.56.